The van der Waals surface area contributed by atoms with E-state index in [2.05, 4.69) is 28.5 Å². The van der Waals surface area contributed by atoms with Crippen molar-refractivity contribution in [3.8, 4) is 0 Å². The second-order valence-corrected chi connectivity index (χ2v) is 9.25. The van der Waals surface area contributed by atoms with Crippen LogP contribution in [0.1, 0.15) is 56.5 Å². The van der Waals surface area contributed by atoms with Crippen LogP contribution in [-0.4, -0.2) is 45.2 Å². The van der Waals surface area contributed by atoms with Gasteiger partial charge in [-0.15, -0.1) is 0 Å². The fourth-order valence-corrected chi connectivity index (χ4v) is 5.49. The molecule has 2 aromatic heterocycles. The first kappa shape index (κ1) is 21.2. The normalized spacial score (nSPS) is 23.5. The number of aryl methyl sites for hydroxylation is 1. The number of aliphatic hydroxyl groups is 1. The summed E-state index contributed by atoms with van der Waals surface area (Å²) in [5.74, 6) is 0.887. The van der Waals surface area contributed by atoms with Crippen LogP contribution in [0.4, 0.5) is 5.69 Å². The zero-order chi connectivity index (χ0) is 22.2. The second kappa shape index (κ2) is 8.71. The first-order valence-corrected chi connectivity index (χ1v) is 11.7. The molecular formula is C25H32N4O3. The summed E-state index contributed by atoms with van der Waals surface area (Å²) in [6.07, 6.45) is 7.17. The topological polar surface area (TPSA) is 72.5 Å². The third-order valence-corrected chi connectivity index (χ3v) is 7.13. The Morgan fingerprint density at radius 1 is 1.19 bits per heavy atom. The number of methoxy groups -OCH3 is 1. The van der Waals surface area contributed by atoms with Crippen LogP contribution in [-0.2, 0) is 17.7 Å². The lowest BCUT2D eigenvalue weighted by Crippen LogP contribution is -2.38. The first-order valence-electron chi connectivity index (χ1n) is 11.7. The molecule has 0 radical (unpaired) electrons. The molecule has 5 rings (SSSR count). The van der Waals surface area contributed by atoms with Gasteiger partial charge in [-0.2, -0.15) is 0 Å². The van der Waals surface area contributed by atoms with E-state index in [4.69, 9.17) is 9.72 Å². The highest BCUT2D eigenvalue weighted by Crippen LogP contribution is 2.39. The first-order chi connectivity index (χ1) is 15.6. The zero-order valence-electron chi connectivity index (χ0n) is 18.9. The summed E-state index contributed by atoms with van der Waals surface area (Å²) in [6.45, 7) is 3.22. The highest BCUT2D eigenvalue weighted by atomic mass is 16.5. The van der Waals surface area contributed by atoms with Crippen molar-refractivity contribution in [1.82, 2.24) is 14.1 Å². The Balaban J connectivity index is 1.66. The van der Waals surface area contributed by atoms with Crippen LogP contribution in [0.25, 0.3) is 11.0 Å². The highest BCUT2D eigenvalue weighted by molar-refractivity contribution is 5.86. The lowest BCUT2D eigenvalue weighted by atomic mass is 9.92. The molecule has 1 saturated carbocycles. The average Bonchev–Trinajstić information content (AvgIpc) is 3.15. The van der Waals surface area contributed by atoms with E-state index in [0.29, 0.717) is 19.3 Å². The van der Waals surface area contributed by atoms with E-state index in [1.807, 2.05) is 12.3 Å². The van der Waals surface area contributed by atoms with Crippen molar-refractivity contribution in [1.29, 1.82) is 0 Å². The fourth-order valence-electron chi connectivity index (χ4n) is 5.49. The maximum Gasteiger partial charge on any atom is 0.250 e. The van der Waals surface area contributed by atoms with Crippen LogP contribution in [0.2, 0.25) is 0 Å². The van der Waals surface area contributed by atoms with Gasteiger partial charge in [0.15, 0.2) is 0 Å². The molecule has 1 aromatic carbocycles. The fraction of sp³-hybridized carbons (Fsp3) is 0.520. The quantitative estimate of drug-likeness (QED) is 0.663. The second-order valence-electron chi connectivity index (χ2n) is 9.25. The summed E-state index contributed by atoms with van der Waals surface area (Å²) in [5.41, 5.74) is 4.55. The summed E-state index contributed by atoms with van der Waals surface area (Å²) in [5, 5.41) is 10.4. The molecular weight excluding hydrogens is 404 g/mol. The van der Waals surface area contributed by atoms with Crippen molar-refractivity contribution in [2.75, 3.05) is 18.7 Å². The van der Waals surface area contributed by atoms with Gasteiger partial charge in [0.25, 0.3) is 5.56 Å². The number of fused-ring (bicyclic) bond motifs is 3. The predicted octanol–water partition coefficient (Wildman–Crippen LogP) is 3.47. The molecule has 1 aliphatic carbocycles. The van der Waals surface area contributed by atoms with Crippen LogP contribution in [0.3, 0.4) is 0 Å². The van der Waals surface area contributed by atoms with Crippen molar-refractivity contribution < 1.29 is 9.84 Å². The van der Waals surface area contributed by atoms with Gasteiger partial charge in [-0.3, -0.25) is 4.79 Å². The molecule has 2 aliphatic rings. The number of ether oxygens (including phenoxy) is 1. The maximum atomic E-state index is 12.4. The number of hydrogen-bond donors (Lipinski definition) is 1. The van der Waals surface area contributed by atoms with Crippen molar-refractivity contribution in [2.24, 2.45) is 0 Å². The number of aromatic nitrogens is 3. The monoisotopic (exact) mass is 436 g/mol. The number of hydrogen-bond acceptors (Lipinski definition) is 5. The molecule has 0 spiro atoms. The SMILES string of the molecule is COCN1c2ccc3c(nc(Cn4ccccc4=O)n3[C@@H]3CCC[C@@H](O)C3)c2CC[C@@H]1C. The Hall–Kier alpha value is -2.64. The van der Waals surface area contributed by atoms with E-state index in [1.165, 1.54) is 11.3 Å². The van der Waals surface area contributed by atoms with Gasteiger partial charge in [-0.25, -0.2) is 4.98 Å². The Morgan fingerprint density at radius 3 is 2.84 bits per heavy atom. The van der Waals surface area contributed by atoms with Gasteiger partial charge in [0, 0.05) is 42.7 Å². The Labute approximate surface area is 188 Å². The number of rotatable bonds is 5. The molecule has 0 amide bonds. The molecule has 3 heterocycles. The Bertz CT molecular complexity index is 1170. The molecule has 32 heavy (non-hydrogen) atoms. The zero-order valence-corrected chi connectivity index (χ0v) is 18.9. The molecule has 0 bridgehead atoms. The van der Waals surface area contributed by atoms with Gasteiger partial charge in [0.2, 0.25) is 0 Å². The minimum absolute atomic E-state index is 0.0306. The molecule has 1 N–H and O–H groups in total. The minimum atomic E-state index is -0.283. The number of benzene rings is 1. The van der Waals surface area contributed by atoms with Gasteiger partial charge in [0.1, 0.15) is 12.6 Å². The summed E-state index contributed by atoms with van der Waals surface area (Å²) in [7, 11) is 1.73. The number of aliphatic hydroxyl groups excluding tert-OH is 1. The van der Waals surface area contributed by atoms with E-state index >= 15 is 0 Å². The van der Waals surface area contributed by atoms with Gasteiger partial charge in [0.05, 0.1) is 23.7 Å². The molecule has 7 nitrogen and oxygen atoms in total. The number of pyridine rings is 1. The Kier molecular flexibility index (Phi) is 5.78. The molecule has 170 valence electrons. The molecule has 0 saturated heterocycles. The maximum absolute atomic E-state index is 12.4. The van der Waals surface area contributed by atoms with Crippen molar-refractivity contribution in [3.05, 3.63) is 58.3 Å². The summed E-state index contributed by atoms with van der Waals surface area (Å²) >= 11 is 0. The summed E-state index contributed by atoms with van der Waals surface area (Å²) in [4.78, 5) is 19.9. The molecule has 3 aromatic rings. The van der Waals surface area contributed by atoms with Crippen LogP contribution in [0.15, 0.2) is 41.3 Å². The number of imidazole rings is 1. The third-order valence-electron chi connectivity index (χ3n) is 7.13. The molecule has 3 atom stereocenters. The lowest BCUT2D eigenvalue weighted by molar-refractivity contribution is 0.104. The van der Waals surface area contributed by atoms with E-state index < -0.39 is 0 Å². The molecule has 1 aliphatic heterocycles. The molecule has 0 unspecified atom stereocenters. The van der Waals surface area contributed by atoms with E-state index in [1.54, 1.807) is 23.8 Å². The van der Waals surface area contributed by atoms with E-state index in [9.17, 15) is 9.90 Å². The van der Waals surface area contributed by atoms with E-state index in [0.717, 1.165) is 55.4 Å². The predicted molar refractivity (Wildman–Crippen MR) is 125 cm³/mol. The summed E-state index contributed by atoms with van der Waals surface area (Å²) in [6, 6.07) is 10.2. The van der Waals surface area contributed by atoms with Crippen molar-refractivity contribution in [2.45, 2.75) is 70.2 Å². The van der Waals surface area contributed by atoms with Crippen LogP contribution in [0.5, 0.6) is 0 Å². The third kappa shape index (κ3) is 3.73. The Morgan fingerprint density at radius 2 is 2.06 bits per heavy atom. The standard InChI is InChI=1S/C25H32N4O3/c1-17-9-10-20-21(28(17)16-32-2)11-12-22-25(20)26-23(15-27-13-4-3-8-24(27)31)29(22)18-6-5-7-19(30)14-18/h3-4,8,11-13,17-19,30H,5-7,9-10,14-16H2,1-2H3/t17-,18+,19+/m0/s1. The largest absolute Gasteiger partial charge is 0.393 e. The number of nitrogens with zero attached hydrogens (tertiary/aromatic N) is 4. The van der Waals surface area contributed by atoms with Crippen LogP contribution < -0.4 is 10.5 Å². The van der Waals surface area contributed by atoms with Gasteiger partial charge < -0.3 is 23.9 Å². The van der Waals surface area contributed by atoms with Crippen LogP contribution >= 0.6 is 0 Å². The van der Waals surface area contributed by atoms with Crippen molar-refractivity contribution >= 4 is 16.7 Å². The molecule has 1 fully saturated rings. The minimum Gasteiger partial charge on any atom is -0.393 e. The van der Waals surface area contributed by atoms with E-state index in [-0.39, 0.29) is 17.7 Å². The van der Waals surface area contributed by atoms with Gasteiger partial charge >= 0.3 is 0 Å². The smallest absolute Gasteiger partial charge is 0.250 e. The average molecular weight is 437 g/mol. The van der Waals surface area contributed by atoms with Crippen LogP contribution in [0, 0.1) is 0 Å². The van der Waals surface area contributed by atoms with Crippen molar-refractivity contribution in [3.63, 3.8) is 0 Å². The highest BCUT2D eigenvalue weighted by Gasteiger charge is 2.30. The lowest BCUT2D eigenvalue weighted by Gasteiger charge is -2.36. The summed E-state index contributed by atoms with van der Waals surface area (Å²) < 4.78 is 9.50. The molecule has 7 heteroatoms. The number of anilines is 1. The van der Waals surface area contributed by atoms with Gasteiger partial charge in [-0.1, -0.05) is 6.07 Å². The van der Waals surface area contributed by atoms with Gasteiger partial charge in [-0.05, 0) is 63.6 Å².